The van der Waals surface area contributed by atoms with Crippen LogP contribution >= 0.6 is 0 Å². The Hall–Kier alpha value is -0.820. The van der Waals surface area contributed by atoms with Gasteiger partial charge in [0.05, 0.1) is 25.5 Å². The van der Waals surface area contributed by atoms with Crippen molar-refractivity contribution in [2.75, 3.05) is 38.3 Å². The molecule has 0 aliphatic rings. The largest absolute Gasteiger partial charge is 0.378 e. The maximum Gasteiger partial charge on any atom is 0.191 e. The number of aliphatic imine (C=N–C) groups is 1. The number of nitrogens with zero attached hydrogens (tertiary/aromatic N) is 1. The number of guanidine groups is 1. The average molecular weight is 350 g/mol. The van der Waals surface area contributed by atoms with E-state index in [4.69, 9.17) is 4.74 Å². The molecule has 0 aliphatic carbocycles. The molecule has 138 valence electrons. The Balaban J connectivity index is 4.02. The number of sulfone groups is 1. The highest BCUT2D eigenvalue weighted by molar-refractivity contribution is 7.90. The summed E-state index contributed by atoms with van der Waals surface area (Å²) in [5.74, 6) is 1.59. The predicted octanol–water partition coefficient (Wildman–Crippen LogP) is 1.82. The molecular formula is C16H35N3O3S. The van der Waals surface area contributed by atoms with E-state index in [1.807, 2.05) is 6.92 Å². The monoisotopic (exact) mass is 349 g/mol. The lowest BCUT2D eigenvalue weighted by Crippen LogP contribution is -2.42. The van der Waals surface area contributed by atoms with E-state index in [1.165, 1.54) is 19.1 Å². The molecule has 23 heavy (non-hydrogen) atoms. The van der Waals surface area contributed by atoms with Crippen molar-refractivity contribution in [2.24, 2.45) is 10.9 Å². The lowest BCUT2D eigenvalue weighted by Gasteiger charge is -2.18. The van der Waals surface area contributed by atoms with Crippen LogP contribution in [0.2, 0.25) is 0 Å². The van der Waals surface area contributed by atoms with Crippen LogP contribution < -0.4 is 10.6 Å². The van der Waals surface area contributed by atoms with E-state index in [-0.39, 0.29) is 12.4 Å². The van der Waals surface area contributed by atoms with Gasteiger partial charge < -0.3 is 15.4 Å². The van der Waals surface area contributed by atoms with Crippen molar-refractivity contribution in [2.45, 2.75) is 53.0 Å². The fraction of sp³-hybridized carbons (Fsp3) is 0.938. The minimum atomic E-state index is -2.95. The molecule has 0 aromatic heterocycles. The van der Waals surface area contributed by atoms with Gasteiger partial charge in [0.15, 0.2) is 5.96 Å². The van der Waals surface area contributed by atoms with Gasteiger partial charge in [-0.25, -0.2) is 8.42 Å². The van der Waals surface area contributed by atoms with E-state index in [1.54, 1.807) is 0 Å². The van der Waals surface area contributed by atoms with Gasteiger partial charge in [0.25, 0.3) is 0 Å². The predicted molar refractivity (Wildman–Crippen MR) is 97.8 cm³/mol. The van der Waals surface area contributed by atoms with Gasteiger partial charge in [0.1, 0.15) is 9.84 Å². The Morgan fingerprint density at radius 1 is 1.17 bits per heavy atom. The summed E-state index contributed by atoms with van der Waals surface area (Å²) in [5.41, 5.74) is 0. The van der Waals surface area contributed by atoms with Crippen molar-refractivity contribution >= 4 is 15.8 Å². The van der Waals surface area contributed by atoms with Crippen molar-refractivity contribution in [3.8, 4) is 0 Å². The average Bonchev–Trinajstić information content (AvgIpc) is 2.41. The quantitative estimate of drug-likeness (QED) is 0.319. The molecule has 1 unspecified atom stereocenters. The van der Waals surface area contributed by atoms with Crippen molar-refractivity contribution in [1.82, 2.24) is 10.6 Å². The number of ether oxygens (including phenoxy) is 1. The van der Waals surface area contributed by atoms with Gasteiger partial charge in [-0.3, -0.25) is 4.99 Å². The zero-order chi connectivity index (χ0) is 17.7. The Labute approximate surface area is 142 Å². The second-order valence-corrected chi connectivity index (χ2v) is 8.63. The lowest BCUT2D eigenvalue weighted by molar-refractivity contribution is 0.157. The molecular weight excluding hydrogens is 314 g/mol. The Morgan fingerprint density at radius 2 is 1.87 bits per heavy atom. The zero-order valence-electron chi connectivity index (χ0n) is 15.4. The standard InChI is InChI=1S/C16H35N3O3S/c1-6-17-16(19-15(4)9-7-8-14(2)3)18-10-11-22-12-13-23(5,20)21/h14-15H,6-13H2,1-5H3,(H2,17,18,19). The molecule has 0 fully saturated rings. The van der Waals surface area contributed by atoms with Crippen molar-refractivity contribution in [3.05, 3.63) is 0 Å². The molecule has 0 rings (SSSR count). The summed E-state index contributed by atoms with van der Waals surface area (Å²) in [6, 6.07) is 0.373. The molecule has 0 aliphatic heterocycles. The highest BCUT2D eigenvalue weighted by Crippen LogP contribution is 2.08. The van der Waals surface area contributed by atoms with Gasteiger partial charge in [-0.05, 0) is 26.2 Å². The summed E-state index contributed by atoms with van der Waals surface area (Å²) in [6.07, 6.45) is 4.78. The third kappa shape index (κ3) is 15.8. The van der Waals surface area contributed by atoms with Crippen LogP contribution in [0.5, 0.6) is 0 Å². The molecule has 0 saturated carbocycles. The number of hydrogen-bond acceptors (Lipinski definition) is 4. The topological polar surface area (TPSA) is 79.8 Å². The summed E-state index contributed by atoms with van der Waals surface area (Å²) >= 11 is 0. The van der Waals surface area contributed by atoms with Crippen molar-refractivity contribution in [3.63, 3.8) is 0 Å². The van der Waals surface area contributed by atoms with Gasteiger partial charge in [-0.15, -0.1) is 0 Å². The SMILES string of the molecule is CCNC(=NCCOCCS(C)(=O)=O)NC(C)CCCC(C)C. The fourth-order valence-corrected chi connectivity index (χ4v) is 2.41. The Bertz CT molecular complexity index is 422. The van der Waals surface area contributed by atoms with E-state index in [9.17, 15) is 8.42 Å². The second-order valence-electron chi connectivity index (χ2n) is 6.37. The van der Waals surface area contributed by atoms with Gasteiger partial charge in [-0.2, -0.15) is 0 Å². The third-order valence-corrected chi connectivity index (χ3v) is 4.16. The zero-order valence-corrected chi connectivity index (χ0v) is 16.2. The molecule has 7 heteroatoms. The van der Waals surface area contributed by atoms with Crippen LogP contribution in [0.4, 0.5) is 0 Å². The molecule has 0 spiro atoms. The summed E-state index contributed by atoms with van der Waals surface area (Å²) in [6.45, 7) is 10.6. The Morgan fingerprint density at radius 3 is 2.43 bits per heavy atom. The minimum Gasteiger partial charge on any atom is -0.378 e. The van der Waals surface area contributed by atoms with E-state index in [2.05, 4.69) is 36.4 Å². The summed E-state index contributed by atoms with van der Waals surface area (Å²) < 4.78 is 27.3. The van der Waals surface area contributed by atoms with Crippen LogP contribution in [0.15, 0.2) is 4.99 Å². The van der Waals surface area contributed by atoms with Crippen LogP contribution in [-0.4, -0.2) is 58.7 Å². The highest BCUT2D eigenvalue weighted by atomic mass is 32.2. The summed E-state index contributed by atoms with van der Waals surface area (Å²) in [7, 11) is -2.95. The molecule has 0 saturated heterocycles. The molecule has 6 nitrogen and oxygen atoms in total. The first-order valence-corrected chi connectivity index (χ1v) is 10.6. The third-order valence-electron chi connectivity index (χ3n) is 3.25. The molecule has 2 N–H and O–H groups in total. The van der Waals surface area contributed by atoms with Crippen LogP contribution in [0, 0.1) is 5.92 Å². The van der Waals surface area contributed by atoms with Crippen molar-refractivity contribution < 1.29 is 13.2 Å². The smallest absolute Gasteiger partial charge is 0.191 e. The first-order valence-electron chi connectivity index (χ1n) is 8.55. The lowest BCUT2D eigenvalue weighted by atomic mass is 10.0. The van der Waals surface area contributed by atoms with Crippen LogP contribution in [0.25, 0.3) is 0 Å². The van der Waals surface area contributed by atoms with E-state index < -0.39 is 9.84 Å². The van der Waals surface area contributed by atoms with Crippen LogP contribution in [0.3, 0.4) is 0 Å². The van der Waals surface area contributed by atoms with Crippen LogP contribution in [0.1, 0.15) is 47.0 Å². The first kappa shape index (κ1) is 22.2. The molecule has 0 radical (unpaired) electrons. The number of rotatable bonds is 12. The maximum atomic E-state index is 11.0. The van der Waals surface area contributed by atoms with E-state index in [0.717, 1.165) is 24.8 Å². The first-order chi connectivity index (χ1) is 10.7. The summed E-state index contributed by atoms with van der Waals surface area (Å²) in [4.78, 5) is 4.45. The van der Waals surface area contributed by atoms with Gasteiger partial charge in [0, 0.05) is 18.8 Å². The molecule has 0 aromatic carbocycles. The molecule has 0 aromatic rings. The van der Waals surface area contributed by atoms with Crippen molar-refractivity contribution in [1.29, 1.82) is 0 Å². The Kier molecular flexibility index (Phi) is 12.1. The minimum absolute atomic E-state index is 0.0575. The highest BCUT2D eigenvalue weighted by Gasteiger charge is 2.06. The van der Waals surface area contributed by atoms with Crippen LogP contribution in [-0.2, 0) is 14.6 Å². The fourth-order valence-electron chi connectivity index (χ4n) is 1.99. The second kappa shape index (κ2) is 12.6. The molecule has 1 atom stereocenters. The summed E-state index contributed by atoms with van der Waals surface area (Å²) in [5, 5.41) is 6.61. The maximum absolute atomic E-state index is 11.0. The van der Waals surface area contributed by atoms with Gasteiger partial charge in [-0.1, -0.05) is 26.7 Å². The number of hydrogen-bond donors (Lipinski definition) is 2. The van der Waals surface area contributed by atoms with Gasteiger partial charge >= 0.3 is 0 Å². The molecule has 0 bridgehead atoms. The molecule has 0 heterocycles. The van der Waals surface area contributed by atoms with Gasteiger partial charge in [0.2, 0.25) is 0 Å². The normalized spacial score (nSPS) is 14.1. The number of nitrogens with one attached hydrogen (secondary N) is 2. The van der Waals surface area contributed by atoms with E-state index >= 15 is 0 Å². The van der Waals surface area contributed by atoms with E-state index in [0.29, 0.717) is 19.2 Å². The molecule has 0 amide bonds.